The highest BCUT2D eigenvalue weighted by Gasteiger charge is 2.31. The monoisotopic (exact) mass is 246 g/mol. The number of halogens is 3. The van der Waals surface area contributed by atoms with Gasteiger partial charge in [0.2, 0.25) is 0 Å². The van der Waals surface area contributed by atoms with Crippen LogP contribution in [0.15, 0.2) is 28.1 Å². The number of alkyl halides is 3. The van der Waals surface area contributed by atoms with E-state index in [0.717, 1.165) is 17.0 Å². The zero-order valence-electron chi connectivity index (χ0n) is 8.38. The minimum absolute atomic E-state index is 0.00392. The molecule has 0 bridgehead atoms. The Balaban J connectivity index is 2.47. The van der Waals surface area contributed by atoms with Gasteiger partial charge >= 0.3 is 6.18 Å². The largest absolute Gasteiger partial charge is 0.416 e. The zero-order valence-corrected chi connectivity index (χ0v) is 9.19. The van der Waals surface area contributed by atoms with Crippen LogP contribution in [-0.4, -0.2) is 11.1 Å². The summed E-state index contributed by atoms with van der Waals surface area (Å²) in [5.74, 6) is 0.358. The van der Waals surface area contributed by atoms with Crippen molar-refractivity contribution in [3.05, 3.63) is 23.8 Å². The SMILES string of the molecule is CC1Sc2ccc(C(F)(F)F)cc2N=C1N. The van der Waals surface area contributed by atoms with Crippen LogP contribution in [0, 0.1) is 0 Å². The van der Waals surface area contributed by atoms with Crippen LogP contribution in [-0.2, 0) is 6.18 Å². The van der Waals surface area contributed by atoms with E-state index < -0.39 is 11.7 Å². The van der Waals surface area contributed by atoms with Gasteiger partial charge in [0.25, 0.3) is 0 Å². The van der Waals surface area contributed by atoms with Crippen LogP contribution in [0.25, 0.3) is 0 Å². The van der Waals surface area contributed by atoms with Crippen molar-refractivity contribution in [3.63, 3.8) is 0 Å². The van der Waals surface area contributed by atoms with Gasteiger partial charge in [0.05, 0.1) is 16.5 Å². The molecule has 16 heavy (non-hydrogen) atoms. The van der Waals surface area contributed by atoms with Crippen molar-refractivity contribution in [2.45, 2.75) is 23.2 Å². The standard InChI is InChI=1S/C10H9F3N2S/c1-5-9(14)15-7-4-6(10(11,12)13)2-3-8(7)16-5/h2-5H,1H3,(H2,14,15). The smallest absolute Gasteiger partial charge is 0.386 e. The predicted octanol–water partition coefficient (Wildman–Crippen LogP) is 3.19. The molecule has 0 amide bonds. The van der Waals surface area contributed by atoms with E-state index in [4.69, 9.17) is 5.73 Å². The Hall–Kier alpha value is -1.17. The van der Waals surface area contributed by atoms with Crippen molar-refractivity contribution in [1.82, 2.24) is 0 Å². The molecule has 1 aliphatic heterocycles. The first-order chi connectivity index (χ1) is 7.38. The second-order valence-corrected chi connectivity index (χ2v) is 4.86. The van der Waals surface area contributed by atoms with Crippen LogP contribution in [0.2, 0.25) is 0 Å². The number of benzene rings is 1. The molecule has 2 nitrogen and oxygen atoms in total. The lowest BCUT2D eigenvalue weighted by molar-refractivity contribution is -0.137. The highest BCUT2D eigenvalue weighted by Crippen LogP contribution is 2.40. The van der Waals surface area contributed by atoms with E-state index in [0.29, 0.717) is 11.5 Å². The van der Waals surface area contributed by atoms with Gasteiger partial charge < -0.3 is 5.73 Å². The van der Waals surface area contributed by atoms with Crippen molar-refractivity contribution in [1.29, 1.82) is 0 Å². The van der Waals surface area contributed by atoms with Gasteiger partial charge in [0, 0.05) is 4.90 Å². The topological polar surface area (TPSA) is 38.4 Å². The Labute approximate surface area is 94.7 Å². The first-order valence-electron chi connectivity index (χ1n) is 4.60. The lowest BCUT2D eigenvalue weighted by Gasteiger charge is -2.19. The fraction of sp³-hybridized carbons (Fsp3) is 0.300. The lowest BCUT2D eigenvalue weighted by Crippen LogP contribution is -2.25. The van der Waals surface area contributed by atoms with Crippen molar-refractivity contribution in [2.75, 3.05) is 0 Å². The molecule has 0 aliphatic carbocycles. The second kappa shape index (κ2) is 3.69. The molecule has 0 spiro atoms. The summed E-state index contributed by atoms with van der Waals surface area (Å²) in [6.45, 7) is 1.87. The fourth-order valence-electron chi connectivity index (χ4n) is 1.36. The Morgan fingerprint density at radius 3 is 2.69 bits per heavy atom. The van der Waals surface area contributed by atoms with E-state index in [1.54, 1.807) is 0 Å². The number of rotatable bonds is 0. The molecule has 1 aromatic carbocycles. The number of aliphatic imine (C=N–C) groups is 1. The number of fused-ring (bicyclic) bond motifs is 1. The van der Waals surface area contributed by atoms with Crippen LogP contribution in [0.5, 0.6) is 0 Å². The van der Waals surface area contributed by atoms with E-state index in [-0.39, 0.29) is 5.25 Å². The van der Waals surface area contributed by atoms with Crippen molar-refractivity contribution in [3.8, 4) is 0 Å². The van der Waals surface area contributed by atoms with Gasteiger partial charge in [0.15, 0.2) is 0 Å². The summed E-state index contributed by atoms with van der Waals surface area (Å²) in [4.78, 5) is 4.71. The van der Waals surface area contributed by atoms with Crippen molar-refractivity contribution < 1.29 is 13.2 Å². The van der Waals surface area contributed by atoms with Crippen LogP contribution in [0.1, 0.15) is 12.5 Å². The van der Waals surface area contributed by atoms with Crippen molar-refractivity contribution >= 4 is 23.3 Å². The molecule has 86 valence electrons. The minimum atomic E-state index is -4.34. The average molecular weight is 246 g/mol. The van der Waals surface area contributed by atoms with E-state index in [2.05, 4.69) is 4.99 Å². The van der Waals surface area contributed by atoms with E-state index in [1.165, 1.54) is 17.8 Å². The average Bonchev–Trinajstić information content (AvgIpc) is 2.17. The summed E-state index contributed by atoms with van der Waals surface area (Å²) in [6.07, 6.45) is -4.34. The van der Waals surface area contributed by atoms with E-state index in [1.807, 2.05) is 6.92 Å². The van der Waals surface area contributed by atoms with Crippen molar-refractivity contribution in [2.24, 2.45) is 10.7 Å². The van der Waals surface area contributed by atoms with Gasteiger partial charge in [-0.3, -0.25) is 0 Å². The Morgan fingerprint density at radius 1 is 1.38 bits per heavy atom. The normalized spacial score (nSPS) is 20.2. The Bertz CT molecular complexity index is 454. The zero-order chi connectivity index (χ0) is 11.9. The highest BCUT2D eigenvalue weighted by molar-refractivity contribution is 8.00. The van der Waals surface area contributed by atoms with Crippen LogP contribution in [0.3, 0.4) is 0 Å². The molecule has 0 radical (unpaired) electrons. The molecular weight excluding hydrogens is 237 g/mol. The molecule has 1 heterocycles. The van der Waals surface area contributed by atoms with Gasteiger partial charge in [-0.05, 0) is 25.1 Å². The third-order valence-electron chi connectivity index (χ3n) is 2.26. The number of hydrogen-bond donors (Lipinski definition) is 1. The number of amidine groups is 1. The first kappa shape index (κ1) is 11.3. The quantitative estimate of drug-likeness (QED) is 0.763. The van der Waals surface area contributed by atoms with Crippen LogP contribution >= 0.6 is 11.8 Å². The summed E-state index contributed by atoms with van der Waals surface area (Å²) >= 11 is 1.42. The maximum absolute atomic E-state index is 12.4. The molecule has 0 saturated heterocycles. The van der Waals surface area contributed by atoms with Crippen LogP contribution < -0.4 is 5.73 Å². The fourth-order valence-corrected chi connectivity index (χ4v) is 2.29. The van der Waals surface area contributed by atoms with E-state index in [9.17, 15) is 13.2 Å². The molecule has 0 fully saturated rings. The van der Waals surface area contributed by atoms with Gasteiger partial charge in [-0.25, -0.2) is 4.99 Å². The summed E-state index contributed by atoms with van der Waals surface area (Å²) in [5, 5.41) is 0.00392. The summed E-state index contributed by atoms with van der Waals surface area (Å²) in [6, 6.07) is 3.53. The number of nitrogens with two attached hydrogens (primary N) is 1. The third-order valence-corrected chi connectivity index (χ3v) is 3.45. The summed E-state index contributed by atoms with van der Waals surface area (Å²) < 4.78 is 37.3. The molecular formula is C10H9F3N2S. The lowest BCUT2D eigenvalue weighted by atomic mass is 10.2. The third kappa shape index (κ3) is 2.02. The molecule has 0 aromatic heterocycles. The molecule has 2 rings (SSSR count). The maximum Gasteiger partial charge on any atom is 0.416 e. The first-order valence-corrected chi connectivity index (χ1v) is 5.48. The van der Waals surface area contributed by atoms with Gasteiger partial charge in [0.1, 0.15) is 5.84 Å². The second-order valence-electron chi connectivity index (χ2n) is 3.48. The molecule has 1 aromatic rings. The molecule has 6 heteroatoms. The molecule has 1 aliphatic rings. The predicted molar refractivity (Wildman–Crippen MR) is 58.0 cm³/mol. The molecule has 1 atom stereocenters. The number of hydrogen-bond acceptors (Lipinski definition) is 3. The summed E-state index contributed by atoms with van der Waals surface area (Å²) in [5.41, 5.74) is 5.21. The summed E-state index contributed by atoms with van der Waals surface area (Å²) in [7, 11) is 0. The Morgan fingerprint density at radius 2 is 2.06 bits per heavy atom. The number of nitrogens with zero attached hydrogens (tertiary/aromatic N) is 1. The highest BCUT2D eigenvalue weighted by atomic mass is 32.2. The van der Waals surface area contributed by atoms with Gasteiger partial charge in [-0.15, -0.1) is 11.8 Å². The number of thioether (sulfide) groups is 1. The Kier molecular flexibility index (Phi) is 2.61. The molecule has 1 unspecified atom stereocenters. The molecule has 2 N–H and O–H groups in total. The minimum Gasteiger partial charge on any atom is -0.386 e. The maximum atomic E-state index is 12.4. The van der Waals surface area contributed by atoms with Gasteiger partial charge in [-0.2, -0.15) is 13.2 Å². The molecule has 0 saturated carbocycles. The van der Waals surface area contributed by atoms with E-state index >= 15 is 0 Å². The van der Waals surface area contributed by atoms with Crippen LogP contribution in [0.4, 0.5) is 18.9 Å². The van der Waals surface area contributed by atoms with Gasteiger partial charge in [-0.1, -0.05) is 0 Å².